The van der Waals surface area contributed by atoms with E-state index >= 15 is 0 Å². The van der Waals surface area contributed by atoms with E-state index in [1.165, 1.54) is 12.1 Å². The minimum Gasteiger partial charge on any atom is -0.481 e. The van der Waals surface area contributed by atoms with E-state index < -0.39 is 5.82 Å². The van der Waals surface area contributed by atoms with Crippen LogP contribution in [0.25, 0.3) is 11.4 Å². The van der Waals surface area contributed by atoms with Gasteiger partial charge in [0.05, 0.1) is 23.6 Å². The molecular weight excluding hydrogens is 323 g/mol. The summed E-state index contributed by atoms with van der Waals surface area (Å²) in [5.41, 5.74) is 2.35. The Morgan fingerprint density at radius 2 is 2.04 bits per heavy atom. The number of nitrogens with zero attached hydrogens (tertiary/aromatic N) is 3. The van der Waals surface area contributed by atoms with Crippen molar-refractivity contribution >= 4 is 5.91 Å². The second-order valence-corrected chi connectivity index (χ2v) is 5.36. The quantitative estimate of drug-likeness (QED) is 0.748. The third kappa shape index (κ3) is 4.20. The molecule has 2 aromatic heterocycles. The van der Waals surface area contributed by atoms with Crippen LogP contribution in [0.1, 0.15) is 5.69 Å². The molecule has 0 aliphatic heterocycles. The third-order valence-corrected chi connectivity index (χ3v) is 3.52. The Morgan fingerprint density at radius 1 is 1.24 bits per heavy atom. The number of para-hydroxylation sites is 1. The van der Waals surface area contributed by atoms with E-state index in [4.69, 9.17) is 4.74 Å². The number of amides is 1. The van der Waals surface area contributed by atoms with E-state index in [1.54, 1.807) is 23.0 Å². The predicted octanol–water partition coefficient (Wildman–Crippen LogP) is 2.32. The highest BCUT2D eigenvalue weighted by molar-refractivity contribution is 5.77. The van der Waals surface area contributed by atoms with Crippen LogP contribution >= 0.6 is 0 Å². The molecule has 1 N–H and O–H groups in total. The maximum absolute atomic E-state index is 13.4. The van der Waals surface area contributed by atoms with Gasteiger partial charge >= 0.3 is 0 Å². The molecule has 0 atom stereocenters. The molecule has 3 rings (SSSR count). The van der Waals surface area contributed by atoms with Crippen molar-refractivity contribution in [2.24, 2.45) is 7.05 Å². The first-order chi connectivity index (χ1) is 12.1. The Kier molecular flexibility index (Phi) is 5.03. The van der Waals surface area contributed by atoms with Gasteiger partial charge in [-0.1, -0.05) is 18.2 Å². The van der Waals surface area contributed by atoms with Crippen LogP contribution in [0.3, 0.4) is 0 Å². The maximum atomic E-state index is 13.4. The van der Waals surface area contributed by atoms with E-state index in [2.05, 4.69) is 15.4 Å². The first-order valence-corrected chi connectivity index (χ1v) is 7.72. The molecule has 0 unspecified atom stereocenters. The number of ether oxygens (including phenoxy) is 1. The van der Waals surface area contributed by atoms with E-state index in [0.717, 1.165) is 11.4 Å². The number of aryl methyl sites for hydroxylation is 1. The van der Waals surface area contributed by atoms with Gasteiger partial charge in [-0.3, -0.25) is 14.5 Å². The van der Waals surface area contributed by atoms with E-state index in [1.807, 2.05) is 31.3 Å². The van der Waals surface area contributed by atoms with Gasteiger partial charge in [-0.05, 0) is 30.3 Å². The molecule has 3 aromatic rings. The van der Waals surface area contributed by atoms with Crippen LogP contribution in [0.4, 0.5) is 4.39 Å². The van der Waals surface area contributed by atoms with Crippen LogP contribution in [0.5, 0.6) is 5.75 Å². The molecule has 1 aromatic carbocycles. The highest BCUT2D eigenvalue weighted by atomic mass is 19.1. The molecule has 0 aliphatic carbocycles. The standard InChI is InChI=1S/C18H17FN4O2/c1-23-16(15-7-4-5-9-20-15)10-13(22-23)11-21-18(24)12-25-17-8-3-2-6-14(17)19/h2-10H,11-12H2,1H3,(H,21,24). The fourth-order valence-corrected chi connectivity index (χ4v) is 2.31. The minimum absolute atomic E-state index is 0.0490. The number of pyridine rings is 1. The summed E-state index contributed by atoms with van der Waals surface area (Å²) >= 11 is 0. The van der Waals surface area contributed by atoms with Gasteiger partial charge in [-0.25, -0.2) is 4.39 Å². The van der Waals surface area contributed by atoms with Crippen molar-refractivity contribution in [1.29, 1.82) is 0 Å². The highest BCUT2D eigenvalue weighted by Crippen LogP contribution is 2.17. The number of aromatic nitrogens is 3. The molecule has 0 saturated heterocycles. The Bertz CT molecular complexity index is 865. The number of hydrogen-bond donors (Lipinski definition) is 1. The van der Waals surface area contributed by atoms with E-state index in [-0.39, 0.29) is 24.8 Å². The van der Waals surface area contributed by atoms with Gasteiger partial charge in [0.25, 0.3) is 5.91 Å². The SMILES string of the molecule is Cn1nc(CNC(=O)COc2ccccc2F)cc1-c1ccccn1. The smallest absolute Gasteiger partial charge is 0.258 e. The van der Waals surface area contributed by atoms with Gasteiger partial charge < -0.3 is 10.1 Å². The van der Waals surface area contributed by atoms with Crippen molar-refractivity contribution in [2.75, 3.05) is 6.61 Å². The first-order valence-electron chi connectivity index (χ1n) is 7.72. The summed E-state index contributed by atoms with van der Waals surface area (Å²) in [7, 11) is 1.82. The molecule has 25 heavy (non-hydrogen) atoms. The Morgan fingerprint density at radius 3 is 2.80 bits per heavy atom. The van der Waals surface area contributed by atoms with Crippen molar-refractivity contribution in [3.05, 3.63) is 66.2 Å². The van der Waals surface area contributed by atoms with Crippen molar-refractivity contribution in [2.45, 2.75) is 6.54 Å². The van der Waals surface area contributed by atoms with Gasteiger partial charge in [0.2, 0.25) is 0 Å². The van der Waals surface area contributed by atoms with Crippen molar-refractivity contribution < 1.29 is 13.9 Å². The van der Waals surface area contributed by atoms with Gasteiger partial charge in [-0.2, -0.15) is 5.10 Å². The van der Waals surface area contributed by atoms with Crippen molar-refractivity contribution in [3.8, 4) is 17.1 Å². The Balaban J connectivity index is 1.55. The molecule has 128 valence electrons. The topological polar surface area (TPSA) is 69.0 Å². The van der Waals surface area contributed by atoms with E-state index in [9.17, 15) is 9.18 Å². The lowest BCUT2D eigenvalue weighted by Crippen LogP contribution is -2.28. The largest absolute Gasteiger partial charge is 0.481 e. The number of hydrogen-bond acceptors (Lipinski definition) is 4. The average molecular weight is 340 g/mol. The monoisotopic (exact) mass is 340 g/mol. The molecule has 0 radical (unpaired) electrons. The molecule has 0 bridgehead atoms. The predicted molar refractivity (Wildman–Crippen MR) is 90.2 cm³/mol. The maximum Gasteiger partial charge on any atom is 0.258 e. The van der Waals surface area contributed by atoms with Crippen LogP contribution in [0.15, 0.2) is 54.7 Å². The molecule has 0 saturated carbocycles. The van der Waals surface area contributed by atoms with Gasteiger partial charge in [-0.15, -0.1) is 0 Å². The summed E-state index contributed by atoms with van der Waals surface area (Å²) in [6.07, 6.45) is 1.71. The summed E-state index contributed by atoms with van der Waals surface area (Å²) in [6.45, 7) is -0.0129. The third-order valence-electron chi connectivity index (χ3n) is 3.52. The zero-order valence-corrected chi connectivity index (χ0v) is 13.6. The number of carbonyl (C=O) groups is 1. The zero-order valence-electron chi connectivity index (χ0n) is 13.6. The highest BCUT2D eigenvalue weighted by Gasteiger charge is 2.10. The molecule has 7 heteroatoms. The number of carbonyl (C=O) groups excluding carboxylic acids is 1. The van der Waals surface area contributed by atoms with Crippen LogP contribution in [-0.2, 0) is 18.4 Å². The van der Waals surface area contributed by atoms with Gasteiger partial charge in [0.1, 0.15) is 0 Å². The number of nitrogens with one attached hydrogen (secondary N) is 1. The Labute approximate surface area is 144 Å². The lowest BCUT2D eigenvalue weighted by molar-refractivity contribution is -0.123. The Hall–Kier alpha value is -3.22. The van der Waals surface area contributed by atoms with Crippen LogP contribution in [0, 0.1) is 5.82 Å². The second-order valence-electron chi connectivity index (χ2n) is 5.36. The van der Waals surface area contributed by atoms with Crippen LogP contribution in [-0.4, -0.2) is 27.3 Å². The average Bonchev–Trinajstić information content (AvgIpc) is 3.01. The summed E-state index contributed by atoms with van der Waals surface area (Å²) in [5.74, 6) is -0.804. The number of halogens is 1. The fraction of sp³-hybridized carbons (Fsp3) is 0.167. The van der Waals surface area contributed by atoms with Crippen LogP contribution in [0.2, 0.25) is 0 Å². The zero-order chi connectivity index (χ0) is 17.6. The van der Waals surface area contributed by atoms with Crippen molar-refractivity contribution in [3.63, 3.8) is 0 Å². The summed E-state index contributed by atoms with van der Waals surface area (Å²) < 4.78 is 20.3. The lowest BCUT2D eigenvalue weighted by Gasteiger charge is -2.07. The van der Waals surface area contributed by atoms with Gasteiger partial charge in [0, 0.05) is 13.2 Å². The molecular formula is C18H17FN4O2. The number of benzene rings is 1. The molecule has 0 spiro atoms. The van der Waals surface area contributed by atoms with Crippen LogP contribution < -0.4 is 10.1 Å². The molecule has 0 fully saturated rings. The van der Waals surface area contributed by atoms with Gasteiger partial charge in [0.15, 0.2) is 18.2 Å². The lowest BCUT2D eigenvalue weighted by atomic mass is 10.2. The molecule has 1 amide bonds. The molecule has 6 nitrogen and oxygen atoms in total. The normalized spacial score (nSPS) is 10.5. The summed E-state index contributed by atoms with van der Waals surface area (Å²) in [4.78, 5) is 16.1. The first kappa shape index (κ1) is 16.6. The summed E-state index contributed by atoms with van der Waals surface area (Å²) in [6, 6.07) is 13.4. The minimum atomic E-state index is -0.500. The fourth-order valence-electron chi connectivity index (χ4n) is 2.31. The molecule has 2 heterocycles. The van der Waals surface area contributed by atoms with E-state index in [0.29, 0.717) is 5.69 Å². The van der Waals surface area contributed by atoms with Crippen molar-refractivity contribution in [1.82, 2.24) is 20.1 Å². The second kappa shape index (κ2) is 7.57. The summed E-state index contributed by atoms with van der Waals surface area (Å²) in [5, 5.41) is 7.05. The molecule has 0 aliphatic rings. The number of rotatable bonds is 6.